The predicted octanol–water partition coefficient (Wildman–Crippen LogP) is 3.26. The van der Waals surface area contributed by atoms with Gasteiger partial charge < -0.3 is 10.0 Å². The fourth-order valence-corrected chi connectivity index (χ4v) is 2.96. The standard InChI is InChI=1S/C15H20F3NO/c1-19(2)13-9-11(6-7-14(13)20)10-4-3-5-12(8-10)15(16,17)18/h3-5,8,11,13-14,20H,6-7,9H2,1-2H3/t11-,13-,14-/m0/s1. The lowest BCUT2D eigenvalue weighted by atomic mass is 9.79. The fourth-order valence-electron chi connectivity index (χ4n) is 2.96. The molecule has 1 fully saturated rings. The van der Waals surface area contributed by atoms with Gasteiger partial charge in [-0.15, -0.1) is 0 Å². The molecular weight excluding hydrogens is 267 g/mol. The van der Waals surface area contributed by atoms with Crippen LogP contribution in [0.15, 0.2) is 24.3 Å². The second-order valence-corrected chi connectivity index (χ2v) is 5.73. The van der Waals surface area contributed by atoms with Crippen molar-refractivity contribution in [1.29, 1.82) is 0 Å². The number of alkyl halides is 3. The van der Waals surface area contributed by atoms with Crippen LogP contribution in [0.3, 0.4) is 0 Å². The van der Waals surface area contributed by atoms with E-state index in [9.17, 15) is 18.3 Å². The Kier molecular flexibility index (Phi) is 4.39. The van der Waals surface area contributed by atoms with E-state index >= 15 is 0 Å². The number of likely N-dealkylation sites (N-methyl/N-ethyl adjacent to an activating group) is 1. The first-order chi connectivity index (χ1) is 9.29. The lowest BCUT2D eigenvalue weighted by Crippen LogP contribution is -2.43. The molecule has 0 heterocycles. The summed E-state index contributed by atoms with van der Waals surface area (Å²) in [6.45, 7) is 0. The zero-order valence-electron chi connectivity index (χ0n) is 11.7. The first-order valence-electron chi connectivity index (χ1n) is 6.80. The van der Waals surface area contributed by atoms with Gasteiger partial charge in [-0.25, -0.2) is 0 Å². The highest BCUT2D eigenvalue weighted by molar-refractivity contribution is 5.29. The highest BCUT2D eigenvalue weighted by Crippen LogP contribution is 2.37. The molecule has 0 radical (unpaired) electrons. The van der Waals surface area contributed by atoms with Crippen LogP contribution in [-0.4, -0.2) is 36.2 Å². The summed E-state index contributed by atoms with van der Waals surface area (Å²) in [6.07, 6.45) is -2.65. The smallest absolute Gasteiger partial charge is 0.391 e. The topological polar surface area (TPSA) is 23.5 Å². The van der Waals surface area contributed by atoms with Crippen molar-refractivity contribution in [2.75, 3.05) is 14.1 Å². The van der Waals surface area contributed by atoms with Crippen molar-refractivity contribution in [3.8, 4) is 0 Å². The molecule has 5 heteroatoms. The highest BCUT2D eigenvalue weighted by Gasteiger charge is 2.34. The average molecular weight is 287 g/mol. The molecule has 1 N–H and O–H groups in total. The van der Waals surface area contributed by atoms with E-state index in [0.717, 1.165) is 18.1 Å². The van der Waals surface area contributed by atoms with E-state index in [0.29, 0.717) is 12.8 Å². The zero-order chi connectivity index (χ0) is 14.9. The molecule has 0 saturated heterocycles. The van der Waals surface area contributed by atoms with Crippen molar-refractivity contribution < 1.29 is 18.3 Å². The molecule has 3 atom stereocenters. The van der Waals surface area contributed by atoms with Crippen molar-refractivity contribution in [1.82, 2.24) is 4.90 Å². The third kappa shape index (κ3) is 3.33. The monoisotopic (exact) mass is 287 g/mol. The molecule has 1 aromatic carbocycles. The number of nitrogens with zero attached hydrogens (tertiary/aromatic N) is 1. The number of benzene rings is 1. The maximum Gasteiger partial charge on any atom is 0.416 e. The van der Waals surface area contributed by atoms with Crippen LogP contribution in [0.25, 0.3) is 0 Å². The molecule has 1 saturated carbocycles. The minimum absolute atomic E-state index is 0.00305. The zero-order valence-corrected chi connectivity index (χ0v) is 11.7. The van der Waals surface area contributed by atoms with Gasteiger partial charge in [0.1, 0.15) is 0 Å². The number of hydrogen-bond donors (Lipinski definition) is 1. The molecule has 0 spiro atoms. The Morgan fingerprint density at radius 1 is 1.20 bits per heavy atom. The van der Waals surface area contributed by atoms with Gasteiger partial charge in [-0.2, -0.15) is 13.2 Å². The van der Waals surface area contributed by atoms with E-state index < -0.39 is 17.8 Å². The summed E-state index contributed by atoms with van der Waals surface area (Å²) in [5, 5.41) is 9.97. The number of rotatable bonds is 2. The van der Waals surface area contributed by atoms with Gasteiger partial charge >= 0.3 is 6.18 Å². The van der Waals surface area contributed by atoms with Gasteiger partial charge in [0.15, 0.2) is 0 Å². The Hall–Kier alpha value is -1.07. The Balaban J connectivity index is 2.20. The summed E-state index contributed by atoms with van der Waals surface area (Å²) < 4.78 is 38.3. The summed E-state index contributed by atoms with van der Waals surface area (Å²) in [4.78, 5) is 1.95. The molecule has 0 bridgehead atoms. The van der Waals surface area contributed by atoms with E-state index in [1.54, 1.807) is 6.07 Å². The van der Waals surface area contributed by atoms with Crippen LogP contribution in [0.2, 0.25) is 0 Å². The molecule has 0 amide bonds. The Morgan fingerprint density at radius 2 is 1.90 bits per heavy atom. The van der Waals surface area contributed by atoms with Crippen molar-refractivity contribution in [3.63, 3.8) is 0 Å². The van der Waals surface area contributed by atoms with Gasteiger partial charge in [-0.1, -0.05) is 18.2 Å². The fraction of sp³-hybridized carbons (Fsp3) is 0.600. The molecule has 20 heavy (non-hydrogen) atoms. The molecule has 0 aromatic heterocycles. The van der Waals surface area contributed by atoms with Crippen molar-refractivity contribution in [2.24, 2.45) is 0 Å². The number of aliphatic hydroxyl groups excluding tert-OH is 1. The number of aliphatic hydroxyl groups is 1. The summed E-state index contributed by atoms with van der Waals surface area (Å²) in [6, 6.07) is 5.57. The summed E-state index contributed by atoms with van der Waals surface area (Å²) in [5.41, 5.74) is 0.126. The average Bonchev–Trinajstić information content (AvgIpc) is 2.38. The van der Waals surface area contributed by atoms with Gasteiger partial charge in [-0.05, 0) is 50.9 Å². The van der Waals surface area contributed by atoms with Gasteiger partial charge in [-0.3, -0.25) is 0 Å². The second kappa shape index (κ2) is 5.74. The van der Waals surface area contributed by atoms with Gasteiger partial charge in [0.05, 0.1) is 11.7 Å². The van der Waals surface area contributed by atoms with Crippen molar-refractivity contribution >= 4 is 0 Å². The van der Waals surface area contributed by atoms with Crippen molar-refractivity contribution in [2.45, 2.75) is 43.5 Å². The minimum Gasteiger partial charge on any atom is -0.391 e. The predicted molar refractivity (Wildman–Crippen MR) is 71.5 cm³/mol. The summed E-state index contributed by atoms with van der Waals surface area (Å²) in [7, 11) is 3.78. The molecule has 0 unspecified atom stereocenters. The maximum absolute atomic E-state index is 12.8. The Labute approximate surface area is 117 Å². The quantitative estimate of drug-likeness (QED) is 0.902. The van der Waals surface area contributed by atoms with E-state index in [-0.39, 0.29) is 12.0 Å². The summed E-state index contributed by atoms with van der Waals surface area (Å²) in [5.74, 6) is 0.0769. The molecule has 2 rings (SSSR count). The SMILES string of the molecule is CN(C)[C@H]1C[C@@H](c2cccc(C(F)(F)F)c2)CC[C@@H]1O. The lowest BCUT2D eigenvalue weighted by Gasteiger charge is -2.37. The van der Waals surface area contributed by atoms with E-state index in [4.69, 9.17) is 0 Å². The summed E-state index contributed by atoms with van der Waals surface area (Å²) >= 11 is 0. The van der Waals surface area contributed by atoms with Crippen molar-refractivity contribution in [3.05, 3.63) is 35.4 Å². The van der Waals surface area contributed by atoms with Gasteiger partial charge in [0.25, 0.3) is 0 Å². The Morgan fingerprint density at radius 3 is 2.50 bits per heavy atom. The lowest BCUT2D eigenvalue weighted by molar-refractivity contribution is -0.137. The number of halogens is 3. The van der Waals surface area contributed by atoms with Gasteiger partial charge in [0.2, 0.25) is 0 Å². The molecule has 1 aliphatic rings. The second-order valence-electron chi connectivity index (χ2n) is 5.73. The largest absolute Gasteiger partial charge is 0.416 e. The molecular formula is C15H20F3NO. The van der Waals surface area contributed by atoms with Crippen LogP contribution in [-0.2, 0) is 6.18 Å². The normalized spacial score (nSPS) is 27.9. The molecule has 0 aliphatic heterocycles. The van der Waals surface area contributed by atoms with Crippen LogP contribution in [0.5, 0.6) is 0 Å². The first kappa shape index (κ1) is 15.3. The van der Waals surface area contributed by atoms with Crippen LogP contribution >= 0.6 is 0 Å². The van der Waals surface area contributed by atoms with Crippen LogP contribution in [0, 0.1) is 0 Å². The maximum atomic E-state index is 12.8. The third-order valence-corrected chi connectivity index (χ3v) is 4.13. The van der Waals surface area contributed by atoms with Crippen LogP contribution < -0.4 is 0 Å². The third-order valence-electron chi connectivity index (χ3n) is 4.13. The van der Waals surface area contributed by atoms with E-state index in [1.807, 2.05) is 19.0 Å². The molecule has 112 valence electrons. The molecule has 2 nitrogen and oxygen atoms in total. The van der Waals surface area contributed by atoms with E-state index in [2.05, 4.69) is 0 Å². The molecule has 1 aromatic rings. The Bertz CT molecular complexity index is 459. The number of hydrogen-bond acceptors (Lipinski definition) is 2. The first-order valence-corrected chi connectivity index (χ1v) is 6.80. The van der Waals surface area contributed by atoms with Crippen LogP contribution in [0.1, 0.15) is 36.3 Å². The van der Waals surface area contributed by atoms with Crippen LogP contribution in [0.4, 0.5) is 13.2 Å². The minimum atomic E-state index is -4.30. The highest BCUT2D eigenvalue weighted by atomic mass is 19.4. The van der Waals surface area contributed by atoms with E-state index in [1.165, 1.54) is 12.1 Å². The molecule has 1 aliphatic carbocycles. The van der Waals surface area contributed by atoms with Gasteiger partial charge in [0, 0.05) is 6.04 Å².